The summed E-state index contributed by atoms with van der Waals surface area (Å²) in [6, 6.07) is 0.192. The highest BCUT2D eigenvalue weighted by molar-refractivity contribution is 5.85. The molecule has 0 aromatic carbocycles. The maximum Gasteiger partial charge on any atom is 0.0497 e. The lowest BCUT2D eigenvalue weighted by Gasteiger charge is -2.29. The third-order valence-electron chi connectivity index (χ3n) is 2.44. The van der Waals surface area contributed by atoms with Crippen LogP contribution in [0, 0.1) is 11.3 Å². The minimum Gasteiger partial charge on any atom is -0.396 e. The maximum absolute atomic E-state index is 8.96. The van der Waals surface area contributed by atoms with Gasteiger partial charge in [0.1, 0.15) is 0 Å². The van der Waals surface area contributed by atoms with Crippen LogP contribution in [-0.2, 0) is 0 Å². The lowest BCUT2D eigenvalue weighted by molar-refractivity contribution is 0.123. The van der Waals surface area contributed by atoms with Gasteiger partial charge in [0.05, 0.1) is 0 Å². The van der Waals surface area contributed by atoms with Crippen LogP contribution in [0.4, 0.5) is 0 Å². The number of halogens is 1. The third-order valence-corrected chi connectivity index (χ3v) is 2.44. The van der Waals surface area contributed by atoms with E-state index in [-0.39, 0.29) is 30.5 Å². The van der Waals surface area contributed by atoms with Gasteiger partial charge in [-0.25, -0.2) is 0 Å². The highest BCUT2D eigenvalue weighted by Crippen LogP contribution is 2.38. The van der Waals surface area contributed by atoms with E-state index in [2.05, 4.69) is 0 Å². The molecule has 1 fully saturated rings. The molecule has 11 heavy (non-hydrogen) atoms. The summed E-state index contributed by atoms with van der Waals surface area (Å²) in [6.45, 7) is 4.25. The minimum absolute atomic E-state index is 0. The molecule has 0 aliphatic heterocycles. The van der Waals surface area contributed by atoms with E-state index >= 15 is 0 Å². The molecule has 2 nitrogen and oxygen atoms in total. The van der Waals surface area contributed by atoms with Crippen molar-refractivity contribution in [1.82, 2.24) is 0 Å². The molecule has 1 saturated carbocycles. The van der Waals surface area contributed by atoms with E-state index in [0.717, 1.165) is 0 Å². The van der Waals surface area contributed by atoms with Crippen LogP contribution in [0.3, 0.4) is 0 Å². The Labute approximate surface area is 74.6 Å². The monoisotopic (exact) mass is 179 g/mol. The molecule has 0 saturated heterocycles. The lowest BCUT2D eigenvalue weighted by Crippen LogP contribution is -2.41. The van der Waals surface area contributed by atoms with Gasteiger partial charge in [0.25, 0.3) is 0 Å². The molecule has 3 heteroatoms. The highest BCUT2D eigenvalue weighted by Gasteiger charge is 2.37. The fourth-order valence-electron chi connectivity index (χ4n) is 1.20. The molecule has 68 valence electrons. The van der Waals surface area contributed by atoms with Crippen molar-refractivity contribution >= 4 is 12.4 Å². The lowest BCUT2D eigenvalue weighted by atomic mass is 9.83. The molecule has 0 aromatic heterocycles. The van der Waals surface area contributed by atoms with Crippen molar-refractivity contribution in [2.24, 2.45) is 17.1 Å². The van der Waals surface area contributed by atoms with E-state index < -0.39 is 0 Å². The Morgan fingerprint density at radius 2 is 2.00 bits per heavy atom. The van der Waals surface area contributed by atoms with E-state index in [1.165, 1.54) is 12.8 Å². The number of aliphatic hydroxyl groups is 1. The fraction of sp³-hybridized carbons (Fsp3) is 1.00. The second-order valence-electron chi connectivity index (χ2n) is 4.01. The molecule has 0 amide bonds. The molecule has 1 atom stereocenters. The quantitative estimate of drug-likeness (QED) is 0.683. The zero-order chi connectivity index (χ0) is 7.78. The van der Waals surface area contributed by atoms with Crippen LogP contribution in [0.25, 0.3) is 0 Å². The minimum atomic E-state index is -0.0822. The molecular formula is C8H18ClNO. The topological polar surface area (TPSA) is 46.2 Å². The molecular weight excluding hydrogens is 162 g/mol. The van der Waals surface area contributed by atoms with E-state index in [1.54, 1.807) is 0 Å². The average molecular weight is 180 g/mol. The second kappa shape index (κ2) is 3.74. The zero-order valence-electron chi connectivity index (χ0n) is 7.21. The van der Waals surface area contributed by atoms with Crippen molar-refractivity contribution in [2.45, 2.75) is 32.7 Å². The number of hydrogen-bond donors (Lipinski definition) is 2. The first-order valence-corrected chi connectivity index (χ1v) is 3.94. The Morgan fingerprint density at radius 3 is 2.27 bits per heavy atom. The van der Waals surface area contributed by atoms with Gasteiger partial charge in [-0.15, -0.1) is 12.4 Å². The predicted molar refractivity (Wildman–Crippen MR) is 48.8 cm³/mol. The molecule has 1 rings (SSSR count). The van der Waals surface area contributed by atoms with Gasteiger partial charge in [-0.05, 0) is 18.8 Å². The van der Waals surface area contributed by atoms with Gasteiger partial charge in [0, 0.05) is 18.1 Å². The van der Waals surface area contributed by atoms with Crippen LogP contribution < -0.4 is 5.73 Å². The summed E-state index contributed by atoms with van der Waals surface area (Å²) in [6.07, 6.45) is 2.51. The van der Waals surface area contributed by atoms with Crippen LogP contribution in [0.2, 0.25) is 0 Å². The second-order valence-corrected chi connectivity index (χ2v) is 4.01. The number of nitrogens with two attached hydrogens (primary N) is 1. The largest absolute Gasteiger partial charge is 0.396 e. The summed E-state index contributed by atoms with van der Waals surface area (Å²) in [7, 11) is 0. The first-order chi connectivity index (χ1) is 4.58. The summed E-state index contributed by atoms with van der Waals surface area (Å²) in [5.74, 6) is 0.683. The first kappa shape index (κ1) is 11.2. The van der Waals surface area contributed by atoms with Crippen LogP contribution in [0.15, 0.2) is 0 Å². The zero-order valence-corrected chi connectivity index (χ0v) is 8.03. The van der Waals surface area contributed by atoms with E-state index in [9.17, 15) is 0 Å². The van der Waals surface area contributed by atoms with Gasteiger partial charge in [-0.3, -0.25) is 0 Å². The van der Waals surface area contributed by atoms with Crippen molar-refractivity contribution in [2.75, 3.05) is 6.61 Å². The molecule has 3 N–H and O–H groups in total. The Hall–Kier alpha value is 0.210. The smallest absolute Gasteiger partial charge is 0.0497 e. The van der Waals surface area contributed by atoms with Gasteiger partial charge < -0.3 is 10.8 Å². The average Bonchev–Trinajstić information content (AvgIpc) is 2.68. The van der Waals surface area contributed by atoms with Crippen LogP contribution in [-0.4, -0.2) is 17.8 Å². The Bertz CT molecular complexity index is 123. The van der Waals surface area contributed by atoms with Crippen molar-refractivity contribution < 1.29 is 5.11 Å². The molecule has 1 aliphatic rings. The Morgan fingerprint density at radius 1 is 1.55 bits per heavy atom. The van der Waals surface area contributed by atoms with Crippen molar-refractivity contribution in [3.8, 4) is 0 Å². The van der Waals surface area contributed by atoms with Gasteiger partial charge in [-0.2, -0.15) is 0 Å². The summed E-state index contributed by atoms with van der Waals surface area (Å²) in [4.78, 5) is 0. The van der Waals surface area contributed by atoms with Gasteiger partial charge in [0.2, 0.25) is 0 Å². The number of hydrogen-bond acceptors (Lipinski definition) is 2. The standard InChI is InChI=1S/C8H17NO.ClH/c1-8(2,5-10)7(9)6-3-4-6;/h6-7,10H,3-5,9H2,1-2H3;1H. The van der Waals surface area contributed by atoms with Gasteiger partial charge >= 0.3 is 0 Å². The summed E-state index contributed by atoms with van der Waals surface area (Å²) in [5.41, 5.74) is 5.83. The normalized spacial score (nSPS) is 20.7. The summed E-state index contributed by atoms with van der Waals surface area (Å²) >= 11 is 0. The summed E-state index contributed by atoms with van der Waals surface area (Å²) in [5, 5.41) is 8.96. The van der Waals surface area contributed by atoms with E-state index in [1.807, 2.05) is 13.8 Å². The molecule has 0 radical (unpaired) electrons. The van der Waals surface area contributed by atoms with Crippen molar-refractivity contribution in [1.29, 1.82) is 0 Å². The van der Waals surface area contributed by atoms with Crippen LogP contribution in [0.5, 0.6) is 0 Å². The molecule has 0 heterocycles. The fourth-order valence-corrected chi connectivity index (χ4v) is 1.20. The molecule has 0 bridgehead atoms. The Balaban J connectivity index is 0.000001000. The van der Waals surface area contributed by atoms with Gasteiger partial charge in [0.15, 0.2) is 0 Å². The first-order valence-electron chi connectivity index (χ1n) is 3.94. The molecule has 0 spiro atoms. The van der Waals surface area contributed by atoms with E-state index in [0.29, 0.717) is 5.92 Å². The van der Waals surface area contributed by atoms with Gasteiger partial charge in [-0.1, -0.05) is 13.8 Å². The van der Waals surface area contributed by atoms with Crippen molar-refractivity contribution in [3.63, 3.8) is 0 Å². The van der Waals surface area contributed by atoms with E-state index in [4.69, 9.17) is 10.8 Å². The number of aliphatic hydroxyl groups excluding tert-OH is 1. The molecule has 1 aliphatic carbocycles. The number of rotatable bonds is 3. The summed E-state index contributed by atoms with van der Waals surface area (Å²) < 4.78 is 0. The Kier molecular flexibility index (Phi) is 3.82. The molecule has 0 aromatic rings. The predicted octanol–water partition coefficient (Wildman–Crippen LogP) is 1.16. The van der Waals surface area contributed by atoms with Crippen LogP contribution in [0.1, 0.15) is 26.7 Å². The van der Waals surface area contributed by atoms with Crippen molar-refractivity contribution in [3.05, 3.63) is 0 Å². The van der Waals surface area contributed by atoms with Crippen LogP contribution >= 0.6 is 12.4 Å². The molecule has 1 unspecified atom stereocenters. The maximum atomic E-state index is 8.96. The SMILES string of the molecule is CC(C)(CO)C(N)C1CC1.Cl. The third kappa shape index (κ3) is 2.62. The highest BCUT2D eigenvalue weighted by atomic mass is 35.5.